The maximum atomic E-state index is 12.6. The quantitative estimate of drug-likeness (QED) is 0.697. The largest absolute Gasteiger partial charge is 0.337 e. The number of carbonyl (C=O) groups excluding carboxylic acids is 1. The van der Waals surface area contributed by atoms with Crippen LogP contribution in [0.25, 0.3) is 0 Å². The molecule has 0 spiro atoms. The van der Waals surface area contributed by atoms with Gasteiger partial charge in [-0.3, -0.25) is 4.79 Å². The molecule has 4 rings (SSSR count). The van der Waals surface area contributed by atoms with E-state index in [1.165, 1.54) is 22.9 Å². The van der Waals surface area contributed by atoms with Crippen LogP contribution in [-0.4, -0.2) is 28.2 Å². The van der Waals surface area contributed by atoms with Crippen molar-refractivity contribution in [2.45, 2.75) is 24.9 Å². The van der Waals surface area contributed by atoms with Crippen LogP contribution in [0.5, 0.6) is 0 Å². The number of aromatic amines is 1. The summed E-state index contributed by atoms with van der Waals surface area (Å²) in [6.45, 7) is 2.81. The molecular weight excluding hydrogens is 342 g/mol. The van der Waals surface area contributed by atoms with Gasteiger partial charge in [0.15, 0.2) is 5.16 Å². The normalized spacial score (nSPS) is 13.0. The Morgan fingerprint density at radius 1 is 1.15 bits per heavy atom. The third-order valence-electron chi connectivity index (χ3n) is 4.70. The number of hydrogen-bond acceptors (Lipinski definition) is 3. The molecule has 0 atom stereocenters. The van der Waals surface area contributed by atoms with Gasteiger partial charge in [0, 0.05) is 24.3 Å². The number of aryl methyl sites for hydroxylation is 1. The molecule has 2 aromatic carbocycles. The van der Waals surface area contributed by atoms with Gasteiger partial charge >= 0.3 is 0 Å². The average molecular weight is 363 g/mol. The van der Waals surface area contributed by atoms with Crippen molar-refractivity contribution in [1.29, 1.82) is 0 Å². The van der Waals surface area contributed by atoms with Crippen molar-refractivity contribution in [3.8, 4) is 0 Å². The van der Waals surface area contributed by atoms with Gasteiger partial charge in [-0.2, -0.15) is 0 Å². The zero-order valence-electron chi connectivity index (χ0n) is 14.7. The lowest BCUT2D eigenvalue weighted by Gasteiger charge is -2.16. The number of amides is 1. The number of carbonyl (C=O) groups is 1. The van der Waals surface area contributed by atoms with Crippen LogP contribution in [0.3, 0.4) is 0 Å². The first-order chi connectivity index (χ1) is 12.7. The van der Waals surface area contributed by atoms with Gasteiger partial charge in [0.25, 0.3) is 0 Å². The molecule has 1 aliphatic heterocycles. The Morgan fingerprint density at radius 3 is 2.77 bits per heavy atom. The third kappa shape index (κ3) is 3.53. The summed E-state index contributed by atoms with van der Waals surface area (Å²) in [7, 11) is 0. The summed E-state index contributed by atoms with van der Waals surface area (Å²) in [6, 6.07) is 18.5. The number of para-hydroxylation sites is 1. The Bertz CT molecular complexity index is 920. The van der Waals surface area contributed by atoms with Crippen LogP contribution < -0.4 is 4.90 Å². The van der Waals surface area contributed by atoms with Gasteiger partial charge in [0.05, 0.1) is 11.4 Å². The fourth-order valence-electron chi connectivity index (χ4n) is 3.30. The van der Waals surface area contributed by atoms with E-state index in [9.17, 15) is 4.79 Å². The van der Waals surface area contributed by atoms with Crippen LogP contribution in [0.15, 0.2) is 59.8 Å². The number of H-pyrrole nitrogens is 1. The Labute approximate surface area is 157 Å². The SMILES string of the molecule is Cc1[nH]c(SCC(=O)N2CCc3ccccc32)nc1Cc1ccccc1. The maximum Gasteiger partial charge on any atom is 0.237 e. The maximum absolute atomic E-state index is 12.6. The molecule has 132 valence electrons. The first-order valence-corrected chi connectivity index (χ1v) is 9.80. The number of rotatable bonds is 5. The molecule has 0 bridgehead atoms. The molecule has 0 radical (unpaired) electrons. The molecule has 26 heavy (non-hydrogen) atoms. The monoisotopic (exact) mass is 363 g/mol. The zero-order chi connectivity index (χ0) is 17.9. The molecule has 0 unspecified atom stereocenters. The molecule has 0 saturated heterocycles. The van der Waals surface area contributed by atoms with Crippen molar-refractivity contribution in [3.63, 3.8) is 0 Å². The zero-order valence-corrected chi connectivity index (χ0v) is 15.6. The summed E-state index contributed by atoms with van der Waals surface area (Å²) >= 11 is 1.48. The van der Waals surface area contributed by atoms with Gasteiger partial charge in [0.1, 0.15) is 0 Å². The Kier molecular flexibility index (Phi) is 4.80. The van der Waals surface area contributed by atoms with Crippen LogP contribution in [-0.2, 0) is 17.6 Å². The van der Waals surface area contributed by atoms with E-state index in [1.54, 1.807) is 0 Å². The standard InChI is InChI=1S/C21H21N3OS/c1-15-18(13-16-7-3-2-4-8-16)23-21(22-15)26-14-20(25)24-12-11-17-9-5-6-10-19(17)24/h2-10H,11-14H2,1H3,(H,22,23). The molecule has 3 aromatic rings. The minimum absolute atomic E-state index is 0.138. The number of benzene rings is 2. The Morgan fingerprint density at radius 2 is 1.92 bits per heavy atom. The minimum atomic E-state index is 0.138. The van der Waals surface area contributed by atoms with E-state index in [-0.39, 0.29) is 5.91 Å². The lowest BCUT2D eigenvalue weighted by Crippen LogP contribution is -2.30. The molecule has 2 heterocycles. The topological polar surface area (TPSA) is 49.0 Å². The van der Waals surface area contributed by atoms with E-state index in [2.05, 4.69) is 28.2 Å². The van der Waals surface area contributed by atoms with Crippen molar-refractivity contribution in [1.82, 2.24) is 9.97 Å². The van der Waals surface area contributed by atoms with Crippen LogP contribution in [0, 0.1) is 6.92 Å². The Hall–Kier alpha value is -2.53. The van der Waals surface area contributed by atoms with Crippen molar-refractivity contribution in [2.24, 2.45) is 0 Å². The average Bonchev–Trinajstić information content (AvgIpc) is 3.24. The van der Waals surface area contributed by atoms with E-state index >= 15 is 0 Å². The van der Waals surface area contributed by atoms with Crippen molar-refractivity contribution >= 4 is 23.4 Å². The number of imidazole rings is 1. The summed E-state index contributed by atoms with van der Waals surface area (Å²) in [4.78, 5) is 22.5. The van der Waals surface area contributed by atoms with Gasteiger partial charge in [-0.1, -0.05) is 60.3 Å². The molecule has 1 amide bonds. The lowest BCUT2D eigenvalue weighted by atomic mass is 10.1. The summed E-state index contributed by atoms with van der Waals surface area (Å²) in [5.41, 5.74) is 5.65. The Balaban J connectivity index is 1.39. The molecule has 0 aliphatic carbocycles. The molecular formula is C21H21N3OS. The van der Waals surface area contributed by atoms with Crippen LogP contribution >= 0.6 is 11.8 Å². The third-order valence-corrected chi connectivity index (χ3v) is 5.56. The number of anilines is 1. The van der Waals surface area contributed by atoms with Gasteiger partial charge in [-0.25, -0.2) is 4.98 Å². The second-order valence-corrected chi connectivity index (χ2v) is 7.45. The summed E-state index contributed by atoms with van der Waals surface area (Å²) in [5.74, 6) is 0.533. The van der Waals surface area contributed by atoms with Gasteiger partial charge < -0.3 is 9.88 Å². The summed E-state index contributed by atoms with van der Waals surface area (Å²) < 4.78 is 0. The minimum Gasteiger partial charge on any atom is -0.337 e. The van der Waals surface area contributed by atoms with E-state index in [0.29, 0.717) is 5.75 Å². The van der Waals surface area contributed by atoms with Crippen LogP contribution in [0.2, 0.25) is 0 Å². The highest BCUT2D eigenvalue weighted by molar-refractivity contribution is 7.99. The molecule has 5 heteroatoms. The second kappa shape index (κ2) is 7.38. The van der Waals surface area contributed by atoms with E-state index in [4.69, 9.17) is 0 Å². The highest BCUT2D eigenvalue weighted by Gasteiger charge is 2.24. The van der Waals surface area contributed by atoms with Crippen LogP contribution in [0.4, 0.5) is 5.69 Å². The van der Waals surface area contributed by atoms with Gasteiger partial charge in [0.2, 0.25) is 5.91 Å². The fraction of sp³-hybridized carbons (Fsp3) is 0.238. The summed E-state index contributed by atoms with van der Waals surface area (Å²) in [6.07, 6.45) is 1.74. The molecule has 0 fully saturated rings. The van der Waals surface area contributed by atoms with Crippen molar-refractivity contribution in [2.75, 3.05) is 17.2 Å². The molecule has 1 aliphatic rings. The van der Waals surface area contributed by atoms with E-state index < -0.39 is 0 Å². The van der Waals surface area contributed by atoms with Crippen molar-refractivity contribution < 1.29 is 4.79 Å². The highest BCUT2D eigenvalue weighted by Crippen LogP contribution is 2.28. The number of aromatic nitrogens is 2. The number of fused-ring (bicyclic) bond motifs is 1. The smallest absolute Gasteiger partial charge is 0.237 e. The first kappa shape index (κ1) is 16.9. The van der Waals surface area contributed by atoms with Gasteiger partial charge in [-0.15, -0.1) is 0 Å². The molecule has 0 saturated carbocycles. The highest BCUT2D eigenvalue weighted by atomic mass is 32.2. The number of hydrogen-bond donors (Lipinski definition) is 1. The number of thioether (sulfide) groups is 1. The lowest BCUT2D eigenvalue weighted by molar-refractivity contribution is -0.116. The number of nitrogens with one attached hydrogen (secondary N) is 1. The van der Waals surface area contributed by atoms with E-state index in [1.807, 2.05) is 48.2 Å². The van der Waals surface area contributed by atoms with Crippen LogP contribution in [0.1, 0.15) is 22.5 Å². The first-order valence-electron chi connectivity index (χ1n) is 8.81. The fourth-order valence-corrected chi connectivity index (χ4v) is 4.12. The predicted octanol–water partition coefficient (Wildman–Crippen LogP) is 3.99. The van der Waals surface area contributed by atoms with Gasteiger partial charge in [-0.05, 0) is 30.5 Å². The molecule has 4 nitrogen and oxygen atoms in total. The summed E-state index contributed by atoms with van der Waals surface area (Å²) in [5, 5.41) is 0.814. The molecule has 1 N–H and O–H groups in total. The molecule has 1 aromatic heterocycles. The van der Waals surface area contributed by atoms with Crippen molar-refractivity contribution in [3.05, 3.63) is 77.1 Å². The predicted molar refractivity (Wildman–Crippen MR) is 106 cm³/mol. The number of nitrogens with zero attached hydrogens (tertiary/aromatic N) is 2. The second-order valence-electron chi connectivity index (χ2n) is 6.49. The van der Waals surface area contributed by atoms with E-state index in [0.717, 1.165) is 41.6 Å².